The fraction of sp³-hybridized carbons (Fsp3) is 0.562. The van der Waals surface area contributed by atoms with Crippen LogP contribution in [0.25, 0.3) is 0 Å². The van der Waals surface area contributed by atoms with Gasteiger partial charge in [-0.15, -0.1) is 0 Å². The Balaban J connectivity index is 2.02. The summed E-state index contributed by atoms with van der Waals surface area (Å²) in [7, 11) is 0. The summed E-state index contributed by atoms with van der Waals surface area (Å²) in [5.74, 6) is 1.97. The van der Waals surface area contributed by atoms with Crippen molar-refractivity contribution in [2.75, 3.05) is 6.61 Å². The lowest BCUT2D eigenvalue weighted by molar-refractivity contribution is -0.123. The van der Waals surface area contributed by atoms with Crippen molar-refractivity contribution in [2.24, 2.45) is 5.92 Å². The predicted molar refractivity (Wildman–Crippen MR) is 73.0 cm³/mol. The quantitative estimate of drug-likeness (QED) is 0.804. The van der Waals surface area contributed by atoms with Gasteiger partial charge < -0.3 is 4.74 Å². The number of Topliss-reactive ketones (excluding diaryl/α,β-unsaturated/α-hetero) is 1. The van der Waals surface area contributed by atoms with E-state index in [9.17, 15) is 4.79 Å². The molecular formula is C16H22O2. The zero-order chi connectivity index (χ0) is 13.0. The van der Waals surface area contributed by atoms with Gasteiger partial charge in [-0.2, -0.15) is 0 Å². The van der Waals surface area contributed by atoms with Crippen LogP contribution in [0, 0.1) is 5.92 Å². The van der Waals surface area contributed by atoms with Gasteiger partial charge in [0, 0.05) is 12.3 Å². The molecule has 1 aliphatic rings. The molecule has 98 valence electrons. The Kier molecular flexibility index (Phi) is 4.40. The van der Waals surface area contributed by atoms with Crippen molar-refractivity contribution >= 4 is 5.78 Å². The van der Waals surface area contributed by atoms with E-state index in [1.165, 1.54) is 0 Å². The molecule has 2 nitrogen and oxygen atoms in total. The summed E-state index contributed by atoms with van der Waals surface area (Å²) in [6, 6.07) is 8.06. The van der Waals surface area contributed by atoms with Crippen LogP contribution in [0.4, 0.5) is 0 Å². The number of hydrogen-bond acceptors (Lipinski definition) is 2. The molecule has 18 heavy (non-hydrogen) atoms. The first-order chi connectivity index (χ1) is 8.70. The Labute approximate surface area is 109 Å². The van der Waals surface area contributed by atoms with E-state index in [-0.39, 0.29) is 5.92 Å². The van der Waals surface area contributed by atoms with Gasteiger partial charge in [0.1, 0.15) is 11.5 Å². The minimum atomic E-state index is 0.112. The van der Waals surface area contributed by atoms with Crippen LogP contribution in [0.5, 0.6) is 5.75 Å². The van der Waals surface area contributed by atoms with Gasteiger partial charge in [-0.05, 0) is 42.9 Å². The summed E-state index contributed by atoms with van der Waals surface area (Å²) >= 11 is 0. The van der Waals surface area contributed by atoms with Gasteiger partial charge in [0.15, 0.2) is 0 Å². The molecule has 0 N–H and O–H groups in total. The molecule has 0 unspecified atom stereocenters. The summed E-state index contributed by atoms with van der Waals surface area (Å²) < 4.78 is 5.56. The van der Waals surface area contributed by atoms with Crippen LogP contribution in [0.15, 0.2) is 24.3 Å². The molecule has 2 heteroatoms. The highest BCUT2D eigenvalue weighted by atomic mass is 16.5. The number of ether oxygens (including phenoxy) is 1. The van der Waals surface area contributed by atoms with Gasteiger partial charge >= 0.3 is 0 Å². The Hall–Kier alpha value is -1.31. The van der Waals surface area contributed by atoms with Gasteiger partial charge in [0.25, 0.3) is 0 Å². The van der Waals surface area contributed by atoms with Gasteiger partial charge in [-0.25, -0.2) is 0 Å². The highest BCUT2D eigenvalue weighted by Gasteiger charge is 2.27. The number of carbonyl (C=O) groups is 1. The maximum atomic E-state index is 12.0. The highest BCUT2D eigenvalue weighted by Crippen LogP contribution is 2.33. The van der Waals surface area contributed by atoms with E-state index in [2.05, 4.69) is 13.8 Å². The molecule has 0 spiro atoms. The molecular weight excluding hydrogens is 224 g/mol. The lowest BCUT2D eigenvalue weighted by atomic mass is 9.78. The van der Waals surface area contributed by atoms with Crippen molar-refractivity contribution in [1.82, 2.24) is 0 Å². The van der Waals surface area contributed by atoms with Crippen LogP contribution in [0.1, 0.15) is 51.0 Å². The molecule has 1 fully saturated rings. The number of hydrogen-bond donors (Lipinski definition) is 0. The second-order valence-corrected chi connectivity index (χ2v) is 5.32. The first kappa shape index (κ1) is 13.1. The van der Waals surface area contributed by atoms with Crippen LogP contribution < -0.4 is 4.74 Å². The maximum Gasteiger partial charge on any atom is 0.140 e. The van der Waals surface area contributed by atoms with E-state index in [1.54, 1.807) is 0 Å². The van der Waals surface area contributed by atoms with Crippen molar-refractivity contribution in [2.45, 2.75) is 45.4 Å². The van der Waals surface area contributed by atoms with Gasteiger partial charge in [0.05, 0.1) is 6.61 Å². The summed E-state index contributed by atoms with van der Waals surface area (Å²) in [4.78, 5) is 12.0. The number of carbonyl (C=O) groups excluding carboxylic acids is 1. The summed E-state index contributed by atoms with van der Waals surface area (Å²) in [6.07, 6.45) is 3.90. The number of benzene rings is 1. The fourth-order valence-electron chi connectivity index (χ4n) is 2.57. The molecule has 1 aromatic carbocycles. The zero-order valence-electron chi connectivity index (χ0n) is 11.3. The van der Waals surface area contributed by atoms with Crippen molar-refractivity contribution in [3.8, 4) is 5.75 Å². The van der Waals surface area contributed by atoms with E-state index >= 15 is 0 Å². The van der Waals surface area contributed by atoms with E-state index in [1.807, 2.05) is 24.3 Å². The van der Waals surface area contributed by atoms with E-state index in [4.69, 9.17) is 4.74 Å². The van der Waals surface area contributed by atoms with E-state index in [0.29, 0.717) is 11.7 Å². The van der Waals surface area contributed by atoms with E-state index in [0.717, 1.165) is 43.6 Å². The number of rotatable bonds is 4. The molecule has 0 saturated heterocycles. The average Bonchev–Trinajstić information content (AvgIpc) is 2.37. The average molecular weight is 246 g/mol. The van der Waals surface area contributed by atoms with E-state index < -0.39 is 0 Å². The minimum Gasteiger partial charge on any atom is -0.494 e. The Bertz CT molecular complexity index is 394. The van der Waals surface area contributed by atoms with Crippen molar-refractivity contribution < 1.29 is 9.53 Å². The normalized spacial score (nSPS) is 24.0. The molecule has 1 aromatic rings. The minimum absolute atomic E-state index is 0.112. The molecule has 2 atom stereocenters. The lowest BCUT2D eigenvalue weighted by Crippen LogP contribution is -2.21. The van der Waals surface area contributed by atoms with Crippen molar-refractivity contribution in [3.63, 3.8) is 0 Å². The van der Waals surface area contributed by atoms with Crippen LogP contribution in [-0.4, -0.2) is 12.4 Å². The van der Waals surface area contributed by atoms with Gasteiger partial charge in [0.2, 0.25) is 0 Å². The monoisotopic (exact) mass is 246 g/mol. The Morgan fingerprint density at radius 2 is 1.94 bits per heavy atom. The summed E-state index contributed by atoms with van der Waals surface area (Å²) in [5, 5.41) is 0. The molecule has 0 heterocycles. The summed E-state index contributed by atoms with van der Waals surface area (Å²) in [6.45, 7) is 5.01. The maximum absolute atomic E-state index is 12.0. The van der Waals surface area contributed by atoms with Gasteiger partial charge in [-0.3, -0.25) is 4.79 Å². The van der Waals surface area contributed by atoms with Crippen molar-refractivity contribution in [3.05, 3.63) is 29.8 Å². The Morgan fingerprint density at radius 3 is 2.56 bits per heavy atom. The van der Waals surface area contributed by atoms with Crippen LogP contribution in [0.3, 0.4) is 0 Å². The van der Waals surface area contributed by atoms with Gasteiger partial charge in [-0.1, -0.05) is 26.0 Å². The summed E-state index contributed by atoms with van der Waals surface area (Å²) in [5.41, 5.74) is 1.15. The van der Waals surface area contributed by atoms with Crippen LogP contribution in [0.2, 0.25) is 0 Å². The first-order valence-corrected chi connectivity index (χ1v) is 6.96. The topological polar surface area (TPSA) is 26.3 Å². The molecule has 2 rings (SSSR count). The standard InChI is InChI=1S/C16H22O2/c1-3-10-18-14-7-5-13(6-8-14)15-9-4-12(2)11-16(15)17/h5-8,12,15H,3-4,9-11H2,1-2H3/t12-,15+/m0/s1. The smallest absolute Gasteiger partial charge is 0.140 e. The largest absolute Gasteiger partial charge is 0.494 e. The first-order valence-electron chi connectivity index (χ1n) is 6.96. The molecule has 1 aliphatic carbocycles. The fourth-order valence-corrected chi connectivity index (χ4v) is 2.57. The third-order valence-corrected chi connectivity index (χ3v) is 3.64. The zero-order valence-corrected chi connectivity index (χ0v) is 11.3. The van der Waals surface area contributed by atoms with Crippen molar-refractivity contribution in [1.29, 1.82) is 0 Å². The predicted octanol–water partition coefficient (Wildman–Crippen LogP) is 3.95. The molecule has 0 aromatic heterocycles. The highest BCUT2D eigenvalue weighted by molar-refractivity contribution is 5.86. The Morgan fingerprint density at radius 1 is 1.22 bits per heavy atom. The van der Waals surface area contributed by atoms with Crippen LogP contribution >= 0.6 is 0 Å². The lowest BCUT2D eigenvalue weighted by Gasteiger charge is -2.25. The molecule has 0 amide bonds. The molecule has 0 radical (unpaired) electrons. The third kappa shape index (κ3) is 3.12. The number of ketones is 1. The SMILES string of the molecule is CCCOc1ccc([C@H]2CC[C@H](C)CC2=O)cc1. The second kappa shape index (κ2) is 6.03. The molecule has 1 saturated carbocycles. The third-order valence-electron chi connectivity index (χ3n) is 3.64. The molecule has 0 bridgehead atoms. The molecule has 0 aliphatic heterocycles. The second-order valence-electron chi connectivity index (χ2n) is 5.32. The van der Waals surface area contributed by atoms with Crippen LogP contribution in [-0.2, 0) is 4.79 Å².